The number of rotatable bonds is 4. The van der Waals surface area contributed by atoms with Crippen molar-refractivity contribution in [1.29, 1.82) is 5.41 Å². The molecule has 0 unspecified atom stereocenters. The van der Waals surface area contributed by atoms with E-state index in [9.17, 15) is 0 Å². The summed E-state index contributed by atoms with van der Waals surface area (Å²) in [5.41, 5.74) is 3.13. The molecule has 0 aliphatic carbocycles. The molecule has 0 atom stereocenters. The topological polar surface area (TPSA) is 36.2 Å². The SMILES string of the molecule is CCCCc1cccc(C(=N)N=C(C)C)c1. The van der Waals surface area contributed by atoms with E-state index >= 15 is 0 Å². The third-order valence-corrected chi connectivity index (χ3v) is 2.35. The second-order valence-corrected chi connectivity index (χ2v) is 4.21. The van der Waals surface area contributed by atoms with Gasteiger partial charge in [0.05, 0.1) is 0 Å². The third kappa shape index (κ3) is 3.97. The van der Waals surface area contributed by atoms with Gasteiger partial charge in [0.1, 0.15) is 0 Å². The summed E-state index contributed by atoms with van der Waals surface area (Å²) in [5.74, 6) is 0.360. The summed E-state index contributed by atoms with van der Waals surface area (Å²) in [7, 11) is 0. The third-order valence-electron chi connectivity index (χ3n) is 2.35. The maximum Gasteiger partial charge on any atom is 0.151 e. The molecule has 86 valence electrons. The lowest BCUT2D eigenvalue weighted by atomic mass is 10.1. The van der Waals surface area contributed by atoms with Gasteiger partial charge in [-0.3, -0.25) is 5.41 Å². The Labute approximate surface area is 97.9 Å². The van der Waals surface area contributed by atoms with Crippen LogP contribution in [-0.2, 0) is 6.42 Å². The zero-order valence-electron chi connectivity index (χ0n) is 10.4. The fourth-order valence-corrected chi connectivity index (χ4v) is 1.54. The van der Waals surface area contributed by atoms with Crippen LogP contribution in [0.5, 0.6) is 0 Å². The van der Waals surface area contributed by atoms with Crippen LogP contribution in [-0.4, -0.2) is 11.5 Å². The van der Waals surface area contributed by atoms with Gasteiger partial charge in [-0.05, 0) is 38.3 Å². The van der Waals surface area contributed by atoms with Crippen LogP contribution in [0, 0.1) is 5.41 Å². The van der Waals surface area contributed by atoms with Crippen molar-refractivity contribution < 1.29 is 0 Å². The summed E-state index contributed by atoms with van der Waals surface area (Å²) in [6.45, 7) is 6.02. The number of nitrogens with zero attached hydrogens (tertiary/aromatic N) is 1. The molecule has 0 saturated carbocycles. The van der Waals surface area contributed by atoms with Crippen molar-refractivity contribution >= 4 is 11.5 Å². The Morgan fingerprint density at radius 1 is 1.31 bits per heavy atom. The van der Waals surface area contributed by atoms with Crippen LogP contribution >= 0.6 is 0 Å². The predicted octanol–water partition coefficient (Wildman–Crippen LogP) is 3.84. The standard InChI is InChI=1S/C14H20N2/c1-4-5-7-12-8-6-9-13(10-12)14(15)16-11(2)3/h6,8-10,15H,4-5,7H2,1-3H3. The van der Waals surface area contributed by atoms with Crippen molar-refractivity contribution in [2.75, 3.05) is 0 Å². The van der Waals surface area contributed by atoms with Gasteiger partial charge in [-0.2, -0.15) is 0 Å². The minimum Gasteiger partial charge on any atom is -0.282 e. The number of aliphatic imine (C=N–C) groups is 1. The van der Waals surface area contributed by atoms with E-state index in [1.807, 2.05) is 26.0 Å². The molecule has 0 aromatic heterocycles. The highest BCUT2D eigenvalue weighted by molar-refractivity contribution is 6.04. The monoisotopic (exact) mass is 216 g/mol. The molecule has 1 N–H and O–H groups in total. The Bertz CT molecular complexity index is 387. The number of unbranched alkanes of at least 4 members (excludes halogenated alkanes) is 1. The number of nitrogens with one attached hydrogen (secondary N) is 1. The first-order valence-corrected chi connectivity index (χ1v) is 5.83. The van der Waals surface area contributed by atoms with Crippen LogP contribution in [0.15, 0.2) is 29.3 Å². The lowest BCUT2D eigenvalue weighted by molar-refractivity contribution is 0.795. The lowest BCUT2D eigenvalue weighted by Crippen LogP contribution is -1.99. The number of amidine groups is 1. The van der Waals surface area contributed by atoms with E-state index < -0.39 is 0 Å². The van der Waals surface area contributed by atoms with Gasteiger partial charge in [-0.15, -0.1) is 0 Å². The van der Waals surface area contributed by atoms with Gasteiger partial charge in [0.25, 0.3) is 0 Å². The Kier molecular flexibility index (Phi) is 4.90. The Morgan fingerprint density at radius 3 is 2.69 bits per heavy atom. The Hall–Kier alpha value is -1.44. The molecule has 0 saturated heterocycles. The van der Waals surface area contributed by atoms with Crippen molar-refractivity contribution in [3.05, 3.63) is 35.4 Å². The molecular formula is C14H20N2. The van der Waals surface area contributed by atoms with Crippen LogP contribution < -0.4 is 0 Å². The average Bonchev–Trinajstić information content (AvgIpc) is 2.26. The quantitative estimate of drug-likeness (QED) is 0.586. The summed E-state index contributed by atoms with van der Waals surface area (Å²) in [5, 5.41) is 7.85. The van der Waals surface area contributed by atoms with Crippen LogP contribution in [0.25, 0.3) is 0 Å². The first-order valence-electron chi connectivity index (χ1n) is 5.83. The van der Waals surface area contributed by atoms with E-state index in [1.165, 1.54) is 18.4 Å². The fourth-order valence-electron chi connectivity index (χ4n) is 1.54. The highest BCUT2D eigenvalue weighted by atomic mass is 14.8. The Balaban J connectivity index is 2.81. The highest BCUT2D eigenvalue weighted by Crippen LogP contribution is 2.10. The Morgan fingerprint density at radius 2 is 2.06 bits per heavy atom. The molecule has 0 fully saturated rings. The zero-order chi connectivity index (χ0) is 12.0. The van der Waals surface area contributed by atoms with Crippen LogP contribution in [0.4, 0.5) is 0 Å². The van der Waals surface area contributed by atoms with Gasteiger partial charge in [0, 0.05) is 11.3 Å². The minimum atomic E-state index is 0.360. The van der Waals surface area contributed by atoms with Gasteiger partial charge in [-0.1, -0.05) is 31.5 Å². The first-order chi connectivity index (χ1) is 7.63. The largest absolute Gasteiger partial charge is 0.282 e. The fraction of sp³-hybridized carbons (Fsp3) is 0.429. The molecule has 0 spiro atoms. The van der Waals surface area contributed by atoms with Crippen LogP contribution in [0.2, 0.25) is 0 Å². The molecule has 0 bridgehead atoms. The van der Waals surface area contributed by atoms with Gasteiger partial charge >= 0.3 is 0 Å². The second kappa shape index (κ2) is 6.21. The maximum atomic E-state index is 7.85. The number of benzene rings is 1. The second-order valence-electron chi connectivity index (χ2n) is 4.21. The van der Waals surface area contributed by atoms with Crippen molar-refractivity contribution in [1.82, 2.24) is 0 Å². The van der Waals surface area contributed by atoms with Crippen LogP contribution in [0.1, 0.15) is 44.7 Å². The molecular weight excluding hydrogens is 196 g/mol. The minimum absolute atomic E-state index is 0.360. The number of hydrogen-bond donors (Lipinski definition) is 1. The van der Waals surface area contributed by atoms with Crippen molar-refractivity contribution in [3.63, 3.8) is 0 Å². The average molecular weight is 216 g/mol. The molecule has 0 aliphatic rings. The molecule has 16 heavy (non-hydrogen) atoms. The van der Waals surface area contributed by atoms with Gasteiger partial charge in [-0.25, -0.2) is 4.99 Å². The molecule has 2 nitrogen and oxygen atoms in total. The maximum absolute atomic E-state index is 7.85. The first kappa shape index (κ1) is 12.6. The lowest BCUT2D eigenvalue weighted by Gasteiger charge is -2.03. The highest BCUT2D eigenvalue weighted by Gasteiger charge is 2.00. The van der Waals surface area contributed by atoms with Crippen molar-refractivity contribution in [2.45, 2.75) is 40.0 Å². The van der Waals surface area contributed by atoms with Gasteiger partial charge in [0.15, 0.2) is 5.84 Å². The van der Waals surface area contributed by atoms with Crippen molar-refractivity contribution in [3.8, 4) is 0 Å². The summed E-state index contributed by atoms with van der Waals surface area (Å²) in [4.78, 5) is 4.17. The molecule has 1 aromatic carbocycles. The van der Waals surface area contributed by atoms with E-state index in [4.69, 9.17) is 5.41 Å². The number of hydrogen-bond acceptors (Lipinski definition) is 1. The van der Waals surface area contributed by atoms with E-state index in [1.54, 1.807) is 0 Å². The molecule has 1 aromatic rings. The van der Waals surface area contributed by atoms with E-state index in [0.717, 1.165) is 17.7 Å². The summed E-state index contributed by atoms with van der Waals surface area (Å²) in [6, 6.07) is 8.15. The molecule has 1 rings (SSSR count). The summed E-state index contributed by atoms with van der Waals surface area (Å²) in [6.07, 6.45) is 3.49. The predicted molar refractivity (Wildman–Crippen MR) is 70.7 cm³/mol. The molecule has 2 heteroatoms. The van der Waals surface area contributed by atoms with Gasteiger partial charge < -0.3 is 0 Å². The van der Waals surface area contributed by atoms with E-state index in [2.05, 4.69) is 24.0 Å². The molecule has 0 heterocycles. The molecule has 0 aliphatic heterocycles. The number of aryl methyl sites for hydroxylation is 1. The van der Waals surface area contributed by atoms with Crippen molar-refractivity contribution in [2.24, 2.45) is 4.99 Å². The summed E-state index contributed by atoms with van der Waals surface area (Å²) >= 11 is 0. The molecule has 0 amide bonds. The van der Waals surface area contributed by atoms with E-state index in [0.29, 0.717) is 5.84 Å². The van der Waals surface area contributed by atoms with Gasteiger partial charge in [0.2, 0.25) is 0 Å². The zero-order valence-corrected chi connectivity index (χ0v) is 10.4. The van der Waals surface area contributed by atoms with E-state index in [-0.39, 0.29) is 0 Å². The normalized spacial score (nSPS) is 9.94. The smallest absolute Gasteiger partial charge is 0.151 e. The molecule has 0 radical (unpaired) electrons. The van der Waals surface area contributed by atoms with Crippen LogP contribution in [0.3, 0.4) is 0 Å². The summed E-state index contributed by atoms with van der Waals surface area (Å²) < 4.78 is 0.